The predicted octanol–water partition coefficient (Wildman–Crippen LogP) is 2.67. The molecule has 0 saturated carbocycles. The van der Waals surface area contributed by atoms with Crippen LogP contribution in [0.15, 0.2) is 58.3 Å². The standard InChI is InChI=1S/C18H16F3N3O4S2/c19-18(20,21)29-14-6-4-12(5-7-14)17(26)23-13-2-1-3-15(10-13)30(27,28)24-9-8-22-16(25)11-24/h1-7,10H,8-9,11H2,(H,22,25)(H,23,26). The summed E-state index contributed by atoms with van der Waals surface area (Å²) >= 11 is -0.288. The van der Waals surface area contributed by atoms with E-state index in [-0.39, 0.29) is 52.4 Å². The second-order valence-electron chi connectivity index (χ2n) is 6.24. The van der Waals surface area contributed by atoms with E-state index in [0.29, 0.717) is 0 Å². The lowest BCUT2D eigenvalue weighted by atomic mass is 10.2. The zero-order chi connectivity index (χ0) is 21.9. The van der Waals surface area contributed by atoms with Gasteiger partial charge in [0.05, 0.1) is 11.4 Å². The number of carbonyl (C=O) groups is 2. The fourth-order valence-corrected chi connectivity index (χ4v) is 4.70. The SMILES string of the molecule is O=C1CN(S(=O)(=O)c2cccc(NC(=O)c3ccc(SC(F)(F)F)cc3)c2)CCN1. The summed E-state index contributed by atoms with van der Waals surface area (Å²) in [5.41, 5.74) is -4.12. The molecule has 1 heterocycles. The van der Waals surface area contributed by atoms with Gasteiger partial charge in [-0.3, -0.25) is 9.59 Å². The Morgan fingerprint density at radius 2 is 1.83 bits per heavy atom. The molecule has 2 aromatic carbocycles. The molecule has 3 rings (SSSR count). The van der Waals surface area contributed by atoms with E-state index < -0.39 is 27.3 Å². The Labute approximate surface area is 174 Å². The smallest absolute Gasteiger partial charge is 0.354 e. The van der Waals surface area contributed by atoms with Gasteiger partial charge < -0.3 is 10.6 Å². The van der Waals surface area contributed by atoms with Crippen LogP contribution in [0.3, 0.4) is 0 Å². The van der Waals surface area contributed by atoms with E-state index in [1.165, 1.54) is 48.5 Å². The minimum absolute atomic E-state index is 0.0577. The first-order valence-electron chi connectivity index (χ1n) is 8.59. The third-order valence-electron chi connectivity index (χ3n) is 4.08. The van der Waals surface area contributed by atoms with Gasteiger partial charge in [-0.1, -0.05) is 6.07 Å². The van der Waals surface area contributed by atoms with Gasteiger partial charge in [0.25, 0.3) is 5.91 Å². The van der Waals surface area contributed by atoms with Crippen LogP contribution < -0.4 is 10.6 Å². The molecule has 0 aliphatic carbocycles. The summed E-state index contributed by atoms with van der Waals surface area (Å²) in [6.07, 6.45) is 0. The number of alkyl halides is 3. The van der Waals surface area contributed by atoms with Crippen molar-refractivity contribution < 1.29 is 31.2 Å². The van der Waals surface area contributed by atoms with Crippen molar-refractivity contribution in [3.8, 4) is 0 Å². The number of piperazine rings is 1. The number of hydrogen-bond donors (Lipinski definition) is 2. The van der Waals surface area contributed by atoms with Gasteiger partial charge in [-0.25, -0.2) is 8.42 Å². The van der Waals surface area contributed by atoms with Crippen molar-refractivity contribution in [2.45, 2.75) is 15.3 Å². The molecule has 160 valence electrons. The van der Waals surface area contributed by atoms with Gasteiger partial charge in [-0.15, -0.1) is 0 Å². The van der Waals surface area contributed by atoms with Crippen LogP contribution in [-0.4, -0.2) is 49.7 Å². The number of sulfonamides is 1. The number of amides is 2. The maximum Gasteiger partial charge on any atom is 0.446 e. The maximum absolute atomic E-state index is 12.7. The third-order valence-corrected chi connectivity index (χ3v) is 6.66. The normalized spacial score (nSPS) is 15.5. The Kier molecular flexibility index (Phi) is 6.38. The quantitative estimate of drug-likeness (QED) is 0.671. The summed E-state index contributed by atoms with van der Waals surface area (Å²) in [5.74, 6) is -1.01. The van der Waals surface area contributed by atoms with Crippen LogP contribution in [0.5, 0.6) is 0 Å². The lowest BCUT2D eigenvalue weighted by Gasteiger charge is -2.26. The summed E-state index contributed by atoms with van der Waals surface area (Å²) in [6, 6.07) is 10.4. The van der Waals surface area contributed by atoms with Crippen LogP contribution in [0.2, 0.25) is 0 Å². The Morgan fingerprint density at radius 1 is 1.13 bits per heavy atom. The molecule has 0 atom stereocenters. The molecule has 1 aliphatic rings. The molecule has 2 N–H and O–H groups in total. The molecule has 1 fully saturated rings. The minimum Gasteiger partial charge on any atom is -0.354 e. The first-order chi connectivity index (χ1) is 14.0. The molecule has 30 heavy (non-hydrogen) atoms. The van der Waals surface area contributed by atoms with Crippen molar-refractivity contribution in [3.05, 3.63) is 54.1 Å². The Morgan fingerprint density at radius 3 is 2.47 bits per heavy atom. The molecule has 0 radical (unpaired) electrons. The van der Waals surface area contributed by atoms with E-state index >= 15 is 0 Å². The summed E-state index contributed by atoms with van der Waals surface area (Å²) in [4.78, 5) is 23.7. The van der Waals surface area contributed by atoms with Crippen LogP contribution in [0.25, 0.3) is 0 Å². The predicted molar refractivity (Wildman–Crippen MR) is 105 cm³/mol. The number of carbonyl (C=O) groups excluding carboxylic acids is 2. The number of nitrogens with one attached hydrogen (secondary N) is 2. The average molecular weight is 459 g/mol. The van der Waals surface area contributed by atoms with Gasteiger partial charge in [0, 0.05) is 29.2 Å². The van der Waals surface area contributed by atoms with Gasteiger partial charge in [-0.05, 0) is 54.2 Å². The van der Waals surface area contributed by atoms with E-state index in [2.05, 4.69) is 10.6 Å². The number of halogens is 3. The van der Waals surface area contributed by atoms with E-state index in [9.17, 15) is 31.2 Å². The number of benzene rings is 2. The summed E-state index contributed by atoms with van der Waals surface area (Å²) in [6.45, 7) is 0.0469. The van der Waals surface area contributed by atoms with E-state index in [1.807, 2.05) is 0 Å². The molecular formula is C18H16F3N3O4S2. The highest BCUT2D eigenvalue weighted by Gasteiger charge is 2.30. The van der Waals surface area contributed by atoms with E-state index in [1.54, 1.807) is 0 Å². The summed E-state index contributed by atoms with van der Waals surface area (Å²) < 4.78 is 63.7. The fourth-order valence-electron chi connectivity index (χ4n) is 2.71. The van der Waals surface area contributed by atoms with Crippen molar-refractivity contribution in [2.75, 3.05) is 25.0 Å². The molecule has 0 aromatic heterocycles. The lowest BCUT2D eigenvalue weighted by Crippen LogP contribution is -2.49. The monoisotopic (exact) mass is 459 g/mol. The van der Waals surface area contributed by atoms with Crippen LogP contribution in [0.1, 0.15) is 10.4 Å². The molecular weight excluding hydrogens is 443 g/mol. The van der Waals surface area contributed by atoms with Gasteiger partial charge in [0.15, 0.2) is 0 Å². The van der Waals surface area contributed by atoms with Crippen LogP contribution in [0.4, 0.5) is 18.9 Å². The fraction of sp³-hybridized carbons (Fsp3) is 0.222. The number of anilines is 1. The zero-order valence-corrected chi connectivity index (χ0v) is 16.9. The molecule has 1 aliphatic heterocycles. The van der Waals surface area contributed by atoms with Crippen LogP contribution >= 0.6 is 11.8 Å². The molecule has 0 spiro atoms. The Bertz CT molecular complexity index is 1060. The number of thioether (sulfide) groups is 1. The largest absolute Gasteiger partial charge is 0.446 e. The summed E-state index contributed by atoms with van der Waals surface area (Å²) in [7, 11) is -3.93. The number of rotatable bonds is 5. The zero-order valence-electron chi connectivity index (χ0n) is 15.3. The molecule has 2 amide bonds. The molecule has 7 nitrogen and oxygen atoms in total. The molecule has 0 bridgehead atoms. The second kappa shape index (κ2) is 8.66. The first kappa shape index (κ1) is 22.1. The van der Waals surface area contributed by atoms with Gasteiger partial charge >= 0.3 is 5.51 Å². The number of nitrogens with zero attached hydrogens (tertiary/aromatic N) is 1. The average Bonchev–Trinajstić information content (AvgIpc) is 2.67. The van der Waals surface area contributed by atoms with E-state index in [0.717, 1.165) is 4.31 Å². The van der Waals surface area contributed by atoms with Crippen molar-refractivity contribution in [3.63, 3.8) is 0 Å². The van der Waals surface area contributed by atoms with Gasteiger partial charge in [0.2, 0.25) is 15.9 Å². The highest BCUT2D eigenvalue weighted by Crippen LogP contribution is 2.36. The topological polar surface area (TPSA) is 95.6 Å². The van der Waals surface area contributed by atoms with Gasteiger partial charge in [0.1, 0.15) is 0 Å². The lowest BCUT2D eigenvalue weighted by molar-refractivity contribution is -0.122. The van der Waals surface area contributed by atoms with Crippen molar-refractivity contribution in [1.82, 2.24) is 9.62 Å². The van der Waals surface area contributed by atoms with Crippen molar-refractivity contribution in [1.29, 1.82) is 0 Å². The minimum atomic E-state index is -4.43. The maximum atomic E-state index is 12.7. The summed E-state index contributed by atoms with van der Waals surface area (Å²) in [5, 5.41) is 5.06. The van der Waals surface area contributed by atoms with Crippen LogP contribution in [-0.2, 0) is 14.8 Å². The second-order valence-corrected chi connectivity index (χ2v) is 9.32. The highest BCUT2D eigenvalue weighted by molar-refractivity contribution is 8.00. The molecule has 12 heteroatoms. The van der Waals surface area contributed by atoms with Crippen LogP contribution in [0, 0.1) is 0 Å². The molecule has 1 saturated heterocycles. The van der Waals surface area contributed by atoms with Gasteiger partial charge in [-0.2, -0.15) is 17.5 Å². The van der Waals surface area contributed by atoms with Crippen molar-refractivity contribution in [2.24, 2.45) is 0 Å². The van der Waals surface area contributed by atoms with Crippen molar-refractivity contribution >= 4 is 39.3 Å². The molecule has 0 unspecified atom stereocenters. The number of hydrogen-bond acceptors (Lipinski definition) is 5. The molecule has 2 aromatic rings. The Balaban J connectivity index is 1.73. The van der Waals surface area contributed by atoms with E-state index in [4.69, 9.17) is 0 Å². The Hall–Kier alpha value is -2.57. The third kappa shape index (κ3) is 5.52. The highest BCUT2D eigenvalue weighted by atomic mass is 32.2. The first-order valence-corrected chi connectivity index (χ1v) is 10.8.